The molecule has 226 valence electrons. The van der Waals surface area contributed by atoms with Crippen molar-refractivity contribution in [2.75, 3.05) is 26.4 Å². The smallest absolute Gasteiger partial charge is 0.416 e. The van der Waals surface area contributed by atoms with Gasteiger partial charge in [-0.3, -0.25) is 14.5 Å². The van der Waals surface area contributed by atoms with E-state index in [4.69, 9.17) is 21.1 Å². The Labute approximate surface area is 245 Å². The van der Waals surface area contributed by atoms with Crippen molar-refractivity contribution in [3.8, 4) is 5.75 Å². The molecule has 4 atom stereocenters. The first-order valence-electron chi connectivity index (χ1n) is 14.1. The Bertz CT molecular complexity index is 1360. The van der Waals surface area contributed by atoms with E-state index in [9.17, 15) is 32.3 Å². The van der Waals surface area contributed by atoms with Gasteiger partial charge in [-0.1, -0.05) is 23.7 Å². The highest BCUT2D eigenvalue weighted by Gasteiger charge is 2.56. The van der Waals surface area contributed by atoms with Crippen LogP contribution in [0.2, 0.25) is 5.02 Å². The molecule has 0 aromatic heterocycles. The Kier molecular flexibility index (Phi) is 7.64. The maximum atomic E-state index is 13.9. The van der Waals surface area contributed by atoms with Crippen molar-refractivity contribution in [3.05, 3.63) is 63.9 Å². The first-order chi connectivity index (χ1) is 20.0. The number of alkyl halides is 3. The van der Waals surface area contributed by atoms with Crippen LogP contribution < -0.4 is 4.74 Å². The topological polar surface area (TPSA) is 79.3 Å². The fraction of sp³-hybridized carbons (Fsp3) is 0.533. The minimum absolute atomic E-state index is 0.00780. The number of ether oxygens (including phenoxy) is 2. The van der Waals surface area contributed by atoms with Gasteiger partial charge in [0.05, 0.1) is 29.7 Å². The molecule has 2 aromatic rings. The van der Waals surface area contributed by atoms with E-state index < -0.39 is 29.2 Å². The zero-order valence-corrected chi connectivity index (χ0v) is 23.5. The third-order valence-electron chi connectivity index (χ3n) is 9.22. The molecule has 0 radical (unpaired) electrons. The van der Waals surface area contributed by atoms with Gasteiger partial charge in [0.25, 0.3) is 5.91 Å². The van der Waals surface area contributed by atoms with Crippen LogP contribution >= 0.6 is 11.6 Å². The minimum atomic E-state index is -4.59. The number of piperidine rings is 1. The standard InChI is InChI=1S/C30H31ClF4N2O5/c31-25-12-20(30(33,34)35)11-18-13-37(16-41-26(18)25)28(40)29(19-3-4-19)9-7-22(15-42-29)36-10-8-23(24(14-36)27(38)39)17-1-5-21(32)6-2-17/h1-2,5-6,11-12,19,22-24H,3-4,7-10,13-16H2,(H,38,39)/t22-,23+,24-,29+/m1/s1. The molecule has 42 heavy (non-hydrogen) atoms. The van der Waals surface area contributed by atoms with Crippen molar-refractivity contribution in [2.45, 2.75) is 62.4 Å². The van der Waals surface area contributed by atoms with E-state index in [2.05, 4.69) is 4.90 Å². The molecule has 6 rings (SSSR count). The number of rotatable bonds is 5. The van der Waals surface area contributed by atoms with Crippen LogP contribution in [0.15, 0.2) is 36.4 Å². The number of benzene rings is 2. The van der Waals surface area contributed by atoms with E-state index in [-0.39, 0.29) is 65.8 Å². The van der Waals surface area contributed by atoms with Gasteiger partial charge in [0.2, 0.25) is 0 Å². The summed E-state index contributed by atoms with van der Waals surface area (Å²) in [7, 11) is 0. The fourth-order valence-corrected chi connectivity index (χ4v) is 7.13. The second-order valence-corrected chi connectivity index (χ2v) is 12.2. The number of amides is 1. The number of hydrogen-bond donors (Lipinski definition) is 1. The molecule has 0 unspecified atom stereocenters. The Morgan fingerprint density at radius 2 is 1.81 bits per heavy atom. The van der Waals surface area contributed by atoms with Gasteiger partial charge in [0.1, 0.15) is 17.2 Å². The molecule has 1 amide bonds. The number of hydrogen-bond acceptors (Lipinski definition) is 5. The van der Waals surface area contributed by atoms with Crippen LogP contribution in [0.1, 0.15) is 54.7 Å². The van der Waals surface area contributed by atoms with E-state index >= 15 is 0 Å². The number of carbonyl (C=O) groups excluding carboxylic acids is 1. The van der Waals surface area contributed by atoms with E-state index in [1.165, 1.54) is 17.0 Å². The summed E-state index contributed by atoms with van der Waals surface area (Å²) in [5.74, 6) is -2.33. The summed E-state index contributed by atoms with van der Waals surface area (Å²) in [6.45, 7) is 0.981. The zero-order chi connectivity index (χ0) is 29.8. The highest BCUT2D eigenvalue weighted by Crippen LogP contribution is 2.49. The second-order valence-electron chi connectivity index (χ2n) is 11.8. The van der Waals surface area contributed by atoms with Gasteiger partial charge in [-0.15, -0.1) is 0 Å². The minimum Gasteiger partial charge on any atom is -0.481 e. The molecular formula is C30H31ClF4N2O5. The van der Waals surface area contributed by atoms with E-state index in [0.29, 0.717) is 32.4 Å². The van der Waals surface area contributed by atoms with Crippen LogP contribution in [0.5, 0.6) is 5.75 Å². The lowest BCUT2D eigenvalue weighted by Crippen LogP contribution is -2.59. The Morgan fingerprint density at radius 3 is 2.43 bits per heavy atom. The second kappa shape index (κ2) is 11.0. The maximum Gasteiger partial charge on any atom is 0.416 e. The van der Waals surface area contributed by atoms with Gasteiger partial charge >= 0.3 is 12.1 Å². The number of likely N-dealkylation sites (tertiary alicyclic amines) is 1. The molecule has 0 bridgehead atoms. The lowest BCUT2D eigenvalue weighted by Gasteiger charge is -2.47. The third kappa shape index (κ3) is 5.46. The van der Waals surface area contributed by atoms with Gasteiger partial charge in [-0.25, -0.2) is 4.39 Å². The van der Waals surface area contributed by atoms with Crippen LogP contribution in [-0.2, 0) is 27.0 Å². The van der Waals surface area contributed by atoms with E-state index in [0.717, 1.165) is 30.5 Å². The Morgan fingerprint density at radius 1 is 1.07 bits per heavy atom. The highest BCUT2D eigenvalue weighted by molar-refractivity contribution is 6.32. The number of nitrogens with zero attached hydrogens (tertiary/aromatic N) is 2. The molecule has 2 aromatic carbocycles. The van der Waals surface area contributed by atoms with Crippen molar-refractivity contribution in [3.63, 3.8) is 0 Å². The molecule has 2 saturated heterocycles. The molecule has 3 aliphatic heterocycles. The summed E-state index contributed by atoms with van der Waals surface area (Å²) in [6, 6.07) is 7.70. The van der Waals surface area contributed by atoms with Gasteiger partial charge in [0, 0.05) is 18.2 Å². The van der Waals surface area contributed by atoms with Crippen LogP contribution in [0, 0.1) is 17.7 Å². The van der Waals surface area contributed by atoms with Crippen molar-refractivity contribution in [1.82, 2.24) is 9.80 Å². The molecule has 1 saturated carbocycles. The number of carboxylic acid groups (broad SMARTS) is 1. The van der Waals surface area contributed by atoms with Crippen molar-refractivity contribution >= 4 is 23.5 Å². The zero-order valence-electron chi connectivity index (χ0n) is 22.7. The Balaban J connectivity index is 1.14. The largest absolute Gasteiger partial charge is 0.481 e. The van der Waals surface area contributed by atoms with Crippen molar-refractivity contribution < 1.29 is 41.7 Å². The quantitative estimate of drug-likeness (QED) is 0.438. The van der Waals surface area contributed by atoms with Crippen LogP contribution in [0.3, 0.4) is 0 Å². The molecule has 7 nitrogen and oxygen atoms in total. The van der Waals surface area contributed by atoms with Crippen molar-refractivity contribution in [2.24, 2.45) is 11.8 Å². The first-order valence-corrected chi connectivity index (χ1v) is 14.5. The molecule has 3 heterocycles. The van der Waals surface area contributed by atoms with Crippen LogP contribution in [-0.4, -0.2) is 64.9 Å². The molecule has 4 aliphatic rings. The van der Waals surface area contributed by atoms with Gasteiger partial charge in [-0.2, -0.15) is 13.2 Å². The third-order valence-corrected chi connectivity index (χ3v) is 9.50. The summed E-state index contributed by atoms with van der Waals surface area (Å²) < 4.78 is 65.7. The number of carboxylic acids is 1. The predicted octanol–water partition coefficient (Wildman–Crippen LogP) is 5.69. The van der Waals surface area contributed by atoms with E-state index in [1.807, 2.05) is 0 Å². The molecule has 1 aliphatic carbocycles. The summed E-state index contributed by atoms with van der Waals surface area (Å²) in [5.41, 5.74) is -1.00. The average Bonchev–Trinajstić information content (AvgIpc) is 3.82. The number of aliphatic carboxylic acids is 1. The number of halogens is 5. The normalized spacial score (nSPS) is 28.6. The lowest BCUT2D eigenvalue weighted by atomic mass is 9.79. The molecular weight excluding hydrogens is 580 g/mol. The van der Waals surface area contributed by atoms with Crippen molar-refractivity contribution in [1.29, 1.82) is 0 Å². The maximum absolute atomic E-state index is 13.9. The molecule has 12 heteroatoms. The Hall–Kier alpha value is -2.89. The molecule has 3 fully saturated rings. The SMILES string of the molecule is O=C(O)[C@@H]1CN([C@@H]2CC[C@@](C(=O)N3COc4c(Cl)cc(C(F)(F)F)cc4C3)(C3CC3)OC2)CC[C@H]1c1ccc(F)cc1. The van der Waals surface area contributed by atoms with Gasteiger partial charge in [0.15, 0.2) is 6.73 Å². The molecule has 0 spiro atoms. The van der Waals surface area contributed by atoms with E-state index in [1.54, 1.807) is 12.1 Å². The average molecular weight is 611 g/mol. The number of carbonyl (C=O) groups is 2. The lowest BCUT2D eigenvalue weighted by molar-refractivity contribution is -0.181. The first kappa shape index (κ1) is 29.2. The molecule has 1 N–H and O–H groups in total. The monoisotopic (exact) mass is 610 g/mol. The fourth-order valence-electron chi connectivity index (χ4n) is 6.84. The summed E-state index contributed by atoms with van der Waals surface area (Å²) in [4.78, 5) is 29.7. The number of fused-ring (bicyclic) bond motifs is 1. The van der Waals surface area contributed by atoms with Gasteiger partial charge in [-0.05, 0) is 80.3 Å². The summed E-state index contributed by atoms with van der Waals surface area (Å²) in [6.07, 6.45) is -1.33. The predicted molar refractivity (Wildman–Crippen MR) is 143 cm³/mol. The summed E-state index contributed by atoms with van der Waals surface area (Å²) >= 11 is 6.08. The van der Waals surface area contributed by atoms with Gasteiger partial charge < -0.3 is 19.5 Å². The van der Waals surface area contributed by atoms with Crippen LogP contribution in [0.25, 0.3) is 0 Å². The summed E-state index contributed by atoms with van der Waals surface area (Å²) in [5, 5.41) is 9.86. The van der Waals surface area contributed by atoms with Crippen LogP contribution in [0.4, 0.5) is 17.6 Å². The highest BCUT2D eigenvalue weighted by atomic mass is 35.5.